The molecule has 0 saturated carbocycles. The number of nitrogens with zero attached hydrogens (tertiary/aromatic N) is 2. The number of aryl methyl sites for hydroxylation is 1. The Hall–Kier alpha value is -1.96. The first-order valence-electron chi connectivity index (χ1n) is 6.30. The molecule has 1 aromatic carbocycles. The van der Waals surface area contributed by atoms with Crippen molar-refractivity contribution < 1.29 is 0 Å². The lowest BCUT2D eigenvalue weighted by atomic mass is 10.0. The van der Waals surface area contributed by atoms with Gasteiger partial charge in [0, 0.05) is 23.2 Å². The Morgan fingerprint density at radius 3 is 2.17 bits per heavy atom. The fourth-order valence-electron chi connectivity index (χ4n) is 2.24. The van der Waals surface area contributed by atoms with E-state index < -0.39 is 0 Å². The van der Waals surface area contributed by atoms with Crippen molar-refractivity contribution >= 4 is 21.8 Å². The molecule has 2 nitrogen and oxygen atoms in total. The third-order valence-corrected chi connectivity index (χ3v) is 3.33. The van der Waals surface area contributed by atoms with Crippen LogP contribution in [-0.2, 0) is 0 Å². The van der Waals surface area contributed by atoms with Crippen LogP contribution in [0.2, 0.25) is 0 Å². The van der Waals surface area contributed by atoms with Gasteiger partial charge in [0.05, 0.1) is 11.0 Å². The fourth-order valence-corrected chi connectivity index (χ4v) is 2.24. The molecule has 0 saturated heterocycles. The summed E-state index contributed by atoms with van der Waals surface area (Å²) < 4.78 is 0. The number of aromatic nitrogens is 2. The van der Waals surface area contributed by atoms with Gasteiger partial charge >= 0.3 is 0 Å². The van der Waals surface area contributed by atoms with Crippen LogP contribution < -0.4 is 0 Å². The Kier molecular flexibility index (Phi) is 2.51. The predicted octanol–water partition coefficient (Wildman–Crippen LogP) is 4.21. The normalized spacial score (nSPS) is 11.6. The van der Waals surface area contributed by atoms with Gasteiger partial charge in [-0.25, -0.2) is 0 Å². The third-order valence-electron chi connectivity index (χ3n) is 3.33. The Labute approximate surface area is 107 Å². The number of hydrogen-bond acceptors (Lipinski definition) is 2. The Bertz CT molecular complexity index is 730. The summed E-state index contributed by atoms with van der Waals surface area (Å²) in [5.41, 5.74) is 4.44. The zero-order valence-electron chi connectivity index (χ0n) is 10.9. The molecule has 2 heterocycles. The molecule has 0 aliphatic heterocycles. The first-order valence-corrected chi connectivity index (χ1v) is 6.30. The van der Waals surface area contributed by atoms with E-state index in [1.54, 1.807) is 0 Å². The Morgan fingerprint density at radius 2 is 1.50 bits per heavy atom. The highest BCUT2D eigenvalue weighted by Crippen LogP contribution is 2.25. The van der Waals surface area contributed by atoms with Crippen LogP contribution in [0.25, 0.3) is 21.8 Å². The maximum atomic E-state index is 4.60. The SMILES string of the molecule is Cc1cnc2c(ccc3cc(C(C)C)cnc32)c1. The number of hydrogen-bond donors (Lipinski definition) is 0. The third kappa shape index (κ3) is 1.74. The van der Waals surface area contributed by atoms with E-state index in [9.17, 15) is 0 Å². The predicted molar refractivity (Wildman–Crippen MR) is 75.9 cm³/mol. The van der Waals surface area contributed by atoms with Crippen LogP contribution in [0.15, 0.2) is 36.7 Å². The summed E-state index contributed by atoms with van der Waals surface area (Å²) in [5, 5.41) is 2.33. The number of fused-ring (bicyclic) bond motifs is 3. The van der Waals surface area contributed by atoms with Crippen molar-refractivity contribution in [1.82, 2.24) is 9.97 Å². The highest BCUT2D eigenvalue weighted by Gasteiger charge is 2.06. The number of benzene rings is 1. The van der Waals surface area contributed by atoms with Crippen LogP contribution in [0.4, 0.5) is 0 Å². The molecule has 0 unspecified atom stereocenters. The molecule has 0 bridgehead atoms. The van der Waals surface area contributed by atoms with Crippen molar-refractivity contribution in [3.63, 3.8) is 0 Å². The molecule has 0 aliphatic rings. The van der Waals surface area contributed by atoms with E-state index >= 15 is 0 Å². The van der Waals surface area contributed by atoms with Gasteiger partial charge in [0.25, 0.3) is 0 Å². The van der Waals surface area contributed by atoms with Crippen LogP contribution >= 0.6 is 0 Å². The first-order chi connectivity index (χ1) is 8.65. The van der Waals surface area contributed by atoms with Gasteiger partial charge in [-0.1, -0.05) is 26.0 Å². The van der Waals surface area contributed by atoms with Gasteiger partial charge in [-0.05, 0) is 36.1 Å². The molecule has 2 heteroatoms. The summed E-state index contributed by atoms with van der Waals surface area (Å²) in [6.45, 7) is 6.43. The highest BCUT2D eigenvalue weighted by atomic mass is 14.7. The van der Waals surface area contributed by atoms with Gasteiger partial charge in [-0.3, -0.25) is 9.97 Å². The molecule has 2 aromatic heterocycles. The van der Waals surface area contributed by atoms with Crippen molar-refractivity contribution in [2.24, 2.45) is 0 Å². The van der Waals surface area contributed by atoms with E-state index in [1.807, 2.05) is 12.4 Å². The molecular formula is C16H16N2. The molecule has 3 rings (SSSR count). The van der Waals surface area contributed by atoms with Crippen LogP contribution in [0.1, 0.15) is 30.9 Å². The van der Waals surface area contributed by atoms with Gasteiger partial charge in [-0.2, -0.15) is 0 Å². The van der Waals surface area contributed by atoms with Gasteiger partial charge in [0.2, 0.25) is 0 Å². The molecule has 3 aromatic rings. The van der Waals surface area contributed by atoms with Gasteiger partial charge < -0.3 is 0 Å². The molecule has 0 radical (unpaired) electrons. The minimum Gasteiger partial charge on any atom is -0.254 e. The quantitative estimate of drug-likeness (QED) is 0.591. The lowest BCUT2D eigenvalue weighted by Crippen LogP contribution is -1.91. The molecule has 0 N–H and O–H groups in total. The van der Waals surface area contributed by atoms with Gasteiger partial charge in [-0.15, -0.1) is 0 Å². The molecular weight excluding hydrogens is 220 g/mol. The maximum absolute atomic E-state index is 4.60. The smallest absolute Gasteiger partial charge is 0.0964 e. The monoisotopic (exact) mass is 236 g/mol. The highest BCUT2D eigenvalue weighted by molar-refractivity contribution is 6.02. The van der Waals surface area contributed by atoms with E-state index in [1.165, 1.54) is 16.5 Å². The lowest BCUT2D eigenvalue weighted by Gasteiger charge is -2.08. The topological polar surface area (TPSA) is 25.8 Å². The Morgan fingerprint density at radius 1 is 0.889 bits per heavy atom. The Balaban J connectivity index is 2.35. The summed E-state index contributed by atoms with van der Waals surface area (Å²) in [6, 6.07) is 8.63. The van der Waals surface area contributed by atoms with Crippen LogP contribution in [0.5, 0.6) is 0 Å². The summed E-state index contributed by atoms with van der Waals surface area (Å²) in [7, 11) is 0. The van der Waals surface area contributed by atoms with Crippen molar-refractivity contribution in [3.8, 4) is 0 Å². The van der Waals surface area contributed by atoms with Crippen LogP contribution in [0.3, 0.4) is 0 Å². The van der Waals surface area contributed by atoms with E-state index in [4.69, 9.17) is 0 Å². The van der Waals surface area contributed by atoms with E-state index in [2.05, 4.69) is 55.0 Å². The summed E-state index contributed by atoms with van der Waals surface area (Å²) in [5.74, 6) is 0.503. The van der Waals surface area contributed by atoms with Crippen molar-refractivity contribution in [3.05, 3.63) is 47.8 Å². The van der Waals surface area contributed by atoms with E-state index in [0.717, 1.165) is 16.4 Å². The second kappa shape index (κ2) is 4.05. The van der Waals surface area contributed by atoms with Crippen LogP contribution in [0, 0.1) is 6.92 Å². The summed E-state index contributed by atoms with van der Waals surface area (Å²) in [6.07, 6.45) is 3.87. The van der Waals surface area contributed by atoms with Crippen LogP contribution in [-0.4, -0.2) is 9.97 Å². The second-order valence-corrected chi connectivity index (χ2v) is 5.15. The molecule has 0 fully saturated rings. The summed E-state index contributed by atoms with van der Waals surface area (Å²) >= 11 is 0. The molecule has 0 spiro atoms. The zero-order valence-corrected chi connectivity index (χ0v) is 10.9. The molecule has 0 atom stereocenters. The second-order valence-electron chi connectivity index (χ2n) is 5.15. The average Bonchev–Trinajstić information content (AvgIpc) is 2.37. The van der Waals surface area contributed by atoms with Crippen molar-refractivity contribution in [2.45, 2.75) is 26.7 Å². The summed E-state index contributed by atoms with van der Waals surface area (Å²) in [4.78, 5) is 9.12. The number of rotatable bonds is 1. The first kappa shape index (κ1) is 11.1. The average molecular weight is 236 g/mol. The molecule has 0 aliphatic carbocycles. The van der Waals surface area contributed by atoms with Crippen molar-refractivity contribution in [1.29, 1.82) is 0 Å². The van der Waals surface area contributed by atoms with E-state index in [0.29, 0.717) is 5.92 Å². The maximum Gasteiger partial charge on any atom is 0.0964 e. The molecule has 90 valence electrons. The number of pyridine rings is 2. The van der Waals surface area contributed by atoms with E-state index in [-0.39, 0.29) is 0 Å². The fraction of sp³-hybridized carbons (Fsp3) is 0.250. The minimum atomic E-state index is 0.503. The standard InChI is InChI=1S/C16H16N2/c1-10(2)14-7-13-5-4-12-6-11(3)8-17-15(12)16(13)18-9-14/h4-10H,1-3H3. The minimum absolute atomic E-state index is 0.503. The van der Waals surface area contributed by atoms with Gasteiger partial charge in [0.1, 0.15) is 0 Å². The zero-order chi connectivity index (χ0) is 12.7. The van der Waals surface area contributed by atoms with Crippen molar-refractivity contribution in [2.75, 3.05) is 0 Å². The molecule has 18 heavy (non-hydrogen) atoms. The molecule has 0 amide bonds. The van der Waals surface area contributed by atoms with Gasteiger partial charge in [0.15, 0.2) is 0 Å². The lowest BCUT2D eigenvalue weighted by molar-refractivity contribution is 0.862. The largest absolute Gasteiger partial charge is 0.254 e.